The van der Waals surface area contributed by atoms with Gasteiger partial charge in [0.25, 0.3) is 5.56 Å². The van der Waals surface area contributed by atoms with Gasteiger partial charge in [-0.1, -0.05) is 12.1 Å². The average molecular weight is 302 g/mol. The second-order valence-corrected chi connectivity index (χ2v) is 5.38. The number of carbonyl (C=O) groups is 1. The molecule has 3 aromatic rings. The fourth-order valence-corrected chi connectivity index (χ4v) is 3.03. The summed E-state index contributed by atoms with van der Waals surface area (Å²) >= 11 is 1.30. The Morgan fingerprint density at radius 1 is 1.29 bits per heavy atom. The Kier molecular flexibility index (Phi) is 3.19. The van der Waals surface area contributed by atoms with E-state index in [1.807, 2.05) is 0 Å². The SMILES string of the molecule is O=C(O)c1cccc(Cn2c(=O)[nH]c(=O)c3ccsc32)c1. The van der Waals surface area contributed by atoms with Gasteiger partial charge in [-0.2, -0.15) is 0 Å². The molecule has 1 aromatic carbocycles. The lowest BCUT2D eigenvalue weighted by Crippen LogP contribution is -2.29. The van der Waals surface area contributed by atoms with Crippen molar-refractivity contribution >= 4 is 27.5 Å². The molecule has 6 nitrogen and oxygen atoms in total. The number of hydrogen-bond acceptors (Lipinski definition) is 4. The van der Waals surface area contributed by atoms with Crippen LogP contribution in [0.4, 0.5) is 0 Å². The van der Waals surface area contributed by atoms with Crippen LogP contribution in [0, 0.1) is 0 Å². The van der Waals surface area contributed by atoms with E-state index in [0.717, 1.165) is 0 Å². The average Bonchev–Trinajstić information content (AvgIpc) is 2.93. The molecule has 2 heterocycles. The summed E-state index contributed by atoms with van der Waals surface area (Å²) in [4.78, 5) is 37.5. The topological polar surface area (TPSA) is 92.2 Å². The van der Waals surface area contributed by atoms with Gasteiger partial charge in [0.05, 0.1) is 17.5 Å². The molecule has 2 aromatic heterocycles. The van der Waals surface area contributed by atoms with Crippen LogP contribution in [0.5, 0.6) is 0 Å². The molecule has 7 heteroatoms. The van der Waals surface area contributed by atoms with Crippen molar-refractivity contribution in [3.63, 3.8) is 0 Å². The number of carboxylic acids is 1. The van der Waals surface area contributed by atoms with Gasteiger partial charge in [0.1, 0.15) is 4.83 Å². The second kappa shape index (κ2) is 5.02. The Bertz CT molecular complexity index is 951. The Morgan fingerprint density at radius 3 is 2.86 bits per heavy atom. The predicted molar refractivity (Wildman–Crippen MR) is 79.2 cm³/mol. The number of H-pyrrole nitrogens is 1. The zero-order chi connectivity index (χ0) is 15.0. The molecule has 0 fully saturated rings. The number of rotatable bonds is 3. The van der Waals surface area contributed by atoms with Gasteiger partial charge in [-0.25, -0.2) is 9.59 Å². The van der Waals surface area contributed by atoms with Gasteiger partial charge in [-0.3, -0.25) is 14.3 Å². The van der Waals surface area contributed by atoms with Crippen LogP contribution >= 0.6 is 11.3 Å². The van der Waals surface area contributed by atoms with E-state index in [-0.39, 0.29) is 12.1 Å². The molecule has 0 aliphatic heterocycles. The quantitative estimate of drug-likeness (QED) is 0.767. The summed E-state index contributed by atoms with van der Waals surface area (Å²) in [5.41, 5.74) is -0.0754. The molecule has 106 valence electrons. The normalized spacial score (nSPS) is 10.9. The number of benzene rings is 1. The summed E-state index contributed by atoms with van der Waals surface area (Å²) in [6, 6.07) is 8.02. The number of thiophene rings is 1. The summed E-state index contributed by atoms with van der Waals surface area (Å²) in [5, 5.41) is 11.2. The molecule has 3 rings (SSSR count). The first-order valence-electron chi connectivity index (χ1n) is 6.09. The second-order valence-electron chi connectivity index (χ2n) is 4.49. The number of fused-ring (bicyclic) bond motifs is 1. The van der Waals surface area contributed by atoms with E-state index < -0.39 is 17.2 Å². The highest BCUT2D eigenvalue weighted by Crippen LogP contribution is 2.16. The molecule has 0 saturated carbocycles. The highest BCUT2D eigenvalue weighted by molar-refractivity contribution is 7.16. The van der Waals surface area contributed by atoms with Gasteiger partial charge in [0, 0.05) is 0 Å². The Hall–Kier alpha value is -2.67. The number of nitrogens with one attached hydrogen (secondary N) is 1. The van der Waals surface area contributed by atoms with Crippen molar-refractivity contribution < 1.29 is 9.90 Å². The van der Waals surface area contributed by atoms with Crippen LogP contribution in [-0.4, -0.2) is 20.6 Å². The van der Waals surface area contributed by atoms with Crippen LogP contribution in [0.15, 0.2) is 45.3 Å². The minimum Gasteiger partial charge on any atom is -0.478 e. The minimum atomic E-state index is -1.02. The smallest absolute Gasteiger partial charge is 0.335 e. The highest BCUT2D eigenvalue weighted by atomic mass is 32.1. The molecule has 0 aliphatic carbocycles. The first-order valence-corrected chi connectivity index (χ1v) is 6.97. The summed E-state index contributed by atoms with van der Waals surface area (Å²) in [6.07, 6.45) is 0. The molecule has 0 radical (unpaired) electrons. The molecule has 0 atom stereocenters. The number of nitrogens with zero attached hydrogens (tertiary/aromatic N) is 1. The standard InChI is InChI=1S/C14H10N2O4S/c17-11-10-4-5-21-12(10)16(14(20)15-11)7-8-2-1-3-9(6-8)13(18)19/h1-6H,7H2,(H,18,19)(H,15,17,20). The largest absolute Gasteiger partial charge is 0.478 e. The number of aromatic nitrogens is 2. The van der Waals surface area contributed by atoms with Gasteiger partial charge in [0.15, 0.2) is 0 Å². The molecular weight excluding hydrogens is 292 g/mol. The lowest BCUT2D eigenvalue weighted by Gasteiger charge is -2.07. The number of aromatic amines is 1. The van der Waals surface area contributed by atoms with Crippen molar-refractivity contribution in [1.29, 1.82) is 0 Å². The van der Waals surface area contributed by atoms with Gasteiger partial charge >= 0.3 is 11.7 Å². The first kappa shape index (κ1) is 13.3. The van der Waals surface area contributed by atoms with E-state index in [2.05, 4.69) is 4.98 Å². The third-order valence-electron chi connectivity index (χ3n) is 3.11. The summed E-state index contributed by atoms with van der Waals surface area (Å²) in [6.45, 7) is 0.202. The van der Waals surface area contributed by atoms with Crippen LogP contribution < -0.4 is 11.2 Å². The van der Waals surface area contributed by atoms with E-state index in [1.165, 1.54) is 28.0 Å². The number of carboxylic acid groups (broad SMARTS) is 1. The van der Waals surface area contributed by atoms with Crippen molar-refractivity contribution in [2.75, 3.05) is 0 Å². The minimum absolute atomic E-state index is 0.160. The molecule has 0 aliphatic rings. The number of aromatic carboxylic acids is 1. The fourth-order valence-electron chi connectivity index (χ4n) is 2.14. The van der Waals surface area contributed by atoms with Crippen LogP contribution in [-0.2, 0) is 6.54 Å². The Balaban J connectivity index is 2.12. The summed E-state index contributed by atoms with van der Waals surface area (Å²) < 4.78 is 1.43. The third kappa shape index (κ3) is 2.38. The van der Waals surface area contributed by atoms with Crippen molar-refractivity contribution in [2.24, 2.45) is 0 Å². The van der Waals surface area contributed by atoms with Gasteiger partial charge in [-0.05, 0) is 29.1 Å². The zero-order valence-corrected chi connectivity index (χ0v) is 11.5. The molecule has 0 saturated heterocycles. The zero-order valence-electron chi connectivity index (χ0n) is 10.7. The summed E-state index contributed by atoms with van der Waals surface area (Å²) in [7, 11) is 0. The van der Waals surface area contributed by atoms with Gasteiger partial charge in [0.2, 0.25) is 0 Å². The molecule has 0 spiro atoms. The van der Waals surface area contributed by atoms with Crippen LogP contribution in [0.1, 0.15) is 15.9 Å². The van der Waals surface area contributed by atoms with Crippen molar-refractivity contribution in [3.8, 4) is 0 Å². The monoisotopic (exact) mass is 302 g/mol. The van der Waals surface area contributed by atoms with Crippen molar-refractivity contribution in [2.45, 2.75) is 6.54 Å². The lowest BCUT2D eigenvalue weighted by atomic mass is 10.1. The van der Waals surface area contributed by atoms with Gasteiger partial charge in [-0.15, -0.1) is 11.3 Å². The molecule has 21 heavy (non-hydrogen) atoms. The predicted octanol–water partition coefficient (Wildman–Crippen LogP) is 1.50. The molecule has 2 N–H and O–H groups in total. The van der Waals surface area contributed by atoms with Crippen LogP contribution in [0.25, 0.3) is 10.2 Å². The highest BCUT2D eigenvalue weighted by Gasteiger charge is 2.10. The Labute approximate surface area is 121 Å². The molecule has 0 bridgehead atoms. The fraction of sp³-hybridized carbons (Fsp3) is 0.0714. The lowest BCUT2D eigenvalue weighted by molar-refractivity contribution is 0.0696. The Morgan fingerprint density at radius 2 is 2.10 bits per heavy atom. The van der Waals surface area contributed by atoms with E-state index in [0.29, 0.717) is 15.8 Å². The maximum absolute atomic E-state index is 12.0. The van der Waals surface area contributed by atoms with Crippen LogP contribution in [0.3, 0.4) is 0 Å². The molecule has 0 unspecified atom stereocenters. The maximum atomic E-state index is 12.0. The number of hydrogen-bond donors (Lipinski definition) is 2. The van der Waals surface area contributed by atoms with Crippen molar-refractivity contribution in [3.05, 3.63) is 67.7 Å². The van der Waals surface area contributed by atoms with E-state index in [9.17, 15) is 14.4 Å². The van der Waals surface area contributed by atoms with Crippen molar-refractivity contribution in [1.82, 2.24) is 9.55 Å². The first-order chi connectivity index (χ1) is 10.1. The maximum Gasteiger partial charge on any atom is 0.335 e. The molecule has 0 amide bonds. The van der Waals surface area contributed by atoms with E-state index in [4.69, 9.17) is 5.11 Å². The van der Waals surface area contributed by atoms with E-state index in [1.54, 1.807) is 23.6 Å². The van der Waals surface area contributed by atoms with E-state index >= 15 is 0 Å². The molecular formula is C14H10N2O4S. The van der Waals surface area contributed by atoms with Gasteiger partial charge < -0.3 is 5.11 Å². The summed E-state index contributed by atoms with van der Waals surface area (Å²) in [5.74, 6) is -1.02. The third-order valence-corrected chi connectivity index (χ3v) is 4.05. The van der Waals surface area contributed by atoms with Crippen LogP contribution in [0.2, 0.25) is 0 Å².